The van der Waals surface area contributed by atoms with Crippen molar-refractivity contribution in [2.24, 2.45) is 17.8 Å². The summed E-state index contributed by atoms with van der Waals surface area (Å²) < 4.78 is 39.6. The lowest BCUT2D eigenvalue weighted by Crippen LogP contribution is -2.38. The Hall–Kier alpha value is -1.73. The Labute approximate surface area is 121 Å². The summed E-state index contributed by atoms with van der Waals surface area (Å²) >= 11 is 0. The zero-order chi connectivity index (χ0) is 15.5. The van der Waals surface area contributed by atoms with Gasteiger partial charge in [-0.1, -0.05) is 12.8 Å². The number of aliphatic imine (C=N–C) groups is 1. The molecule has 2 rings (SSSR count). The van der Waals surface area contributed by atoms with Crippen LogP contribution in [0.5, 0.6) is 0 Å². The molecule has 1 aliphatic rings. The lowest BCUT2D eigenvalue weighted by molar-refractivity contribution is -0.142. The van der Waals surface area contributed by atoms with Crippen LogP contribution in [-0.2, 0) is 19.8 Å². The second-order valence-electron chi connectivity index (χ2n) is 5.25. The Balaban J connectivity index is 2.09. The topological polar surface area (TPSA) is 59.4 Å². The molecule has 2 heterocycles. The van der Waals surface area contributed by atoms with E-state index in [9.17, 15) is 13.2 Å². The molecular formula is C13H20F3N5. The minimum Gasteiger partial charge on any atom is -0.370 e. The lowest BCUT2D eigenvalue weighted by atomic mass is 10.2. The molecule has 0 aliphatic carbocycles. The molecule has 8 heteroatoms. The molecule has 0 atom stereocenters. The van der Waals surface area contributed by atoms with Crippen LogP contribution in [0.1, 0.15) is 36.9 Å². The van der Waals surface area contributed by atoms with Gasteiger partial charge in [0.15, 0.2) is 11.7 Å². The second kappa shape index (κ2) is 6.36. The first-order valence-corrected chi connectivity index (χ1v) is 7.02. The number of guanidine groups is 1. The number of alkyl halides is 3. The van der Waals surface area contributed by atoms with E-state index >= 15 is 0 Å². The van der Waals surface area contributed by atoms with Crippen molar-refractivity contribution < 1.29 is 13.2 Å². The van der Waals surface area contributed by atoms with Crippen molar-refractivity contribution >= 4 is 5.96 Å². The number of nitrogens with two attached hydrogens (primary N) is 1. The van der Waals surface area contributed by atoms with Crippen molar-refractivity contribution in [2.45, 2.75) is 38.4 Å². The van der Waals surface area contributed by atoms with Gasteiger partial charge in [0, 0.05) is 31.9 Å². The third kappa shape index (κ3) is 4.12. The number of hydrogen-bond donors (Lipinski definition) is 1. The average Bonchev–Trinajstić information content (AvgIpc) is 2.63. The molecule has 21 heavy (non-hydrogen) atoms. The summed E-state index contributed by atoms with van der Waals surface area (Å²) in [5, 5.41) is 3.46. The molecule has 1 aromatic rings. The molecular weight excluding hydrogens is 283 g/mol. The number of aryl methyl sites for hydroxylation is 1. The first kappa shape index (κ1) is 15.7. The molecule has 0 unspecified atom stereocenters. The first-order chi connectivity index (χ1) is 9.88. The van der Waals surface area contributed by atoms with Gasteiger partial charge in [0.25, 0.3) is 0 Å². The van der Waals surface area contributed by atoms with E-state index in [0.717, 1.165) is 43.5 Å². The molecule has 1 fully saturated rings. The second-order valence-corrected chi connectivity index (χ2v) is 5.25. The van der Waals surface area contributed by atoms with Crippen LogP contribution >= 0.6 is 0 Å². The minimum atomic E-state index is -4.47. The zero-order valence-electron chi connectivity index (χ0n) is 12.0. The van der Waals surface area contributed by atoms with Gasteiger partial charge in [-0.2, -0.15) is 18.3 Å². The Kier molecular flexibility index (Phi) is 4.74. The van der Waals surface area contributed by atoms with Crippen LogP contribution in [0.4, 0.5) is 13.2 Å². The van der Waals surface area contributed by atoms with Crippen LogP contribution in [0.3, 0.4) is 0 Å². The smallest absolute Gasteiger partial charge is 0.370 e. The lowest BCUT2D eigenvalue weighted by Gasteiger charge is -2.21. The SMILES string of the molecule is Cn1cc(CN=C(N)N2CCCCCC2)c(C(F)(F)F)n1. The standard InChI is InChI=1S/C13H20F3N5/c1-20-9-10(11(19-20)13(14,15)16)8-18-12(17)21-6-4-2-3-5-7-21/h9H,2-8H2,1H3,(H2,17,18). The van der Waals surface area contributed by atoms with Crippen LogP contribution in [0.2, 0.25) is 0 Å². The Bertz CT molecular complexity index is 498. The van der Waals surface area contributed by atoms with Gasteiger partial charge in [-0.3, -0.25) is 4.68 Å². The van der Waals surface area contributed by atoms with E-state index in [1.807, 2.05) is 4.90 Å². The van der Waals surface area contributed by atoms with Crippen LogP contribution in [-0.4, -0.2) is 33.7 Å². The molecule has 1 aliphatic heterocycles. The van der Waals surface area contributed by atoms with Gasteiger partial charge in [-0.25, -0.2) is 4.99 Å². The number of likely N-dealkylation sites (tertiary alicyclic amines) is 1. The van der Waals surface area contributed by atoms with Gasteiger partial charge in [0.05, 0.1) is 6.54 Å². The summed E-state index contributed by atoms with van der Waals surface area (Å²) in [5.74, 6) is 0.314. The molecule has 0 aromatic carbocycles. The van der Waals surface area contributed by atoms with Crippen molar-refractivity contribution in [3.63, 3.8) is 0 Å². The highest BCUT2D eigenvalue weighted by atomic mass is 19.4. The summed E-state index contributed by atoms with van der Waals surface area (Å²) in [4.78, 5) is 6.06. The summed E-state index contributed by atoms with van der Waals surface area (Å²) in [6.07, 6.45) is 1.26. The summed E-state index contributed by atoms with van der Waals surface area (Å²) in [6.45, 7) is 1.52. The largest absolute Gasteiger partial charge is 0.435 e. The Morgan fingerprint density at radius 2 is 1.90 bits per heavy atom. The molecule has 1 aromatic heterocycles. The van der Waals surface area contributed by atoms with Gasteiger partial charge >= 0.3 is 6.18 Å². The predicted molar refractivity (Wildman–Crippen MR) is 73.6 cm³/mol. The van der Waals surface area contributed by atoms with E-state index in [4.69, 9.17) is 5.73 Å². The monoisotopic (exact) mass is 303 g/mol. The quantitative estimate of drug-likeness (QED) is 0.672. The van der Waals surface area contributed by atoms with Crippen LogP contribution in [0, 0.1) is 0 Å². The molecule has 2 N–H and O–H groups in total. The van der Waals surface area contributed by atoms with E-state index in [2.05, 4.69) is 10.1 Å². The van der Waals surface area contributed by atoms with Gasteiger partial charge in [-0.05, 0) is 12.8 Å². The third-order valence-electron chi connectivity index (χ3n) is 3.51. The molecule has 5 nitrogen and oxygen atoms in total. The van der Waals surface area contributed by atoms with Gasteiger partial charge in [0.2, 0.25) is 0 Å². The number of hydrogen-bond acceptors (Lipinski definition) is 2. The summed E-state index contributed by atoms with van der Waals surface area (Å²) in [6, 6.07) is 0. The Morgan fingerprint density at radius 3 is 2.48 bits per heavy atom. The van der Waals surface area contributed by atoms with Crippen molar-refractivity contribution in [3.05, 3.63) is 17.5 Å². The number of aromatic nitrogens is 2. The molecule has 0 amide bonds. The summed E-state index contributed by atoms with van der Waals surface area (Å²) in [7, 11) is 1.46. The van der Waals surface area contributed by atoms with Gasteiger partial charge in [-0.15, -0.1) is 0 Å². The van der Waals surface area contributed by atoms with Gasteiger partial charge < -0.3 is 10.6 Å². The van der Waals surface area contributed by atoms with Crippen LogP contribution < -0.4 is 5.73 Å². The van der Waals surface area contributed by atoms with E-state index in [1.54, 1.807) is 0 Å². The first-order valence-electron chi connectivity index (χ1n) is 7.02. The van der Waals surface area contributed by atoms with E-state index in [-0.39, 0.29) is 12.1 Å². The molecule has 0 saturated carbocycles. The molecule has 0 spiro atoms. The molecule has 118 valence electrons. The molecule has 0 bridgehead atoms. The molecule has 0 radical (unpaired) electrons. The van der Waals surface area contributed by atoms with E-state index < -0.39 is 11.9 Å². The fourth-order valence-electron chi connectivity index (χ4n) is 2.46. The van der Waals surface area contributed by atoms with Gasteiger partial charge in [0.1, 0.15) is 0 Å². The van der Waals surface area contributed by atoms with E-state index in [0.29, 0.717) is 5.96 Å². The van der Waals surface area contributed by atoms with Crippen molar-refractivity contribution in [3.8, 4) is 0 Å². The number of nitrogens with zero attached hydrogens (tertiary/aromatic N) is 4. The minimum absolute atomic E-state index is 0.0442. The van der Waals surface area contributed by atoms with Crippen LogP contribution in [0.15, 0.2) is 11.2 Å². The van der Waals surface area contributed by atoms with Crippen molar-refractivity contribution in [1.29, 1.82) is 0 Å². The highest BCUT2D eigenvalue weighted by Crippen LogP contribution is 2.30. The highest BCUT2D eigenvalue weighted by Gasteiger charge is 2.36. The van der Waals surface area contributed by atoms with Crippen LogP contribution in [0.25, 0.3) is 0 Å². The van der Waals surface area contributed by atoms with Crippen molar-refractivity contribution in [1.82, 2.24) is 14.7 Å². The average molecular weight is 303 g/mol. The van der Waals surface area contributed by atoms with E-state index in [1.165, 1.54) is 13.2 Å². The maximum absolute atomic E-state index is 12.8. The fourth-order valence-corrected chi connectivity index (χ4v) is 2.46. The fraction of sp³-hybridized carbons (Fsp3) is 0.692. The summed E-state index contributed by atoms with van der Waals surface area (Å²) in [5.41, 5.74) is 5.05. The Morgan fingerprint density at radius 1 is 1.29 bits per heavy atom. The number of halogens is 3. The molecule has 1 saturated heterocycles. The maximum atomic E-state index is 12.8. The maximum Gasteiger partial charge on any atom is 0.435 e. The highest BCUT2D eigenvalue weighted by molar-refractivity contribution is 5.78. The third-order valence-corrected chi connectivity index (χ3v) is 3.51. The van der Waals surface area contributed by atoms with Crippen molar-refractivity contribution in [2.75, 3.05) is 13.1 Å². The number of rotatable bonds is 2. The normalized spacial score (nSPS) is 17.9. The predicted octanol–water partition coefficient (Wildman–Crippen LogP) is 2.13. The zero-order valence-corrected chi connectivity index (χ0v) is 12.0.